The molecule has 2 aromatic rings. The lowest BCUT2D eigenvalue weighted by molar-refractivity contribution is -0.000187. The normalized spacial score (nSPS) is 16.9. The van der Waals surface area contributed by atoms with Crippen LogP contribution in [-0.4, -0.2) is 37.1 Å². The number of nitrogens with one attached hydrogen (secondary N) is 1. The number of hydrogen-bond acceptors (Lipinski definition) is 3. The molecule has 4 heteroatoms. The van der Waals surface area contributed by atoms with E-state index in [1.807, 2.05) is 31.3 Å². The first kappa shape index (κ1) is 18.5. The van der Waals surface area contributed by atoms with Crippen molar-refractivity contribution in [1.29, 1.82) is 0 Å². The Balaban J connectivity index is 1.52. The molecule has 1 heterocycles. The topological polar surface area (TPSA) is 41.6 Å². The van der Waals surface area contributed by atoms with Gasteiger partial charge in [-0.1, -0.05) is 29.8 Å². The molecule has 0 unspecified atom stereocenters. The minimum Gasteiger partial charge on any atom is -0.381 e. The third kappa shape index (κ3) is 5.09. The van der Waals surface area contributed by atoms with E-state index in [1.54, 1.807) is 4.90 Å². The second-order valence-corrected chi connectivity index (χ2v) is 7.09. The Morgan fingerprint density at radius 1 is 1.12 bits per heavy atom. The van der Waals surface area contributed by atoms with E-state index in [-0.39, 0.29) is 12.0 Å². The van der Waals surface area contributed by atoms with E-state index in [4.69, 9.17) is 4.74 Å². The van der Waals surface area contributed by atoms with Gasteiger partial charge in [-0.15, -0.1) is 0 Å². The molecule has 0 aromatic heterocycles. The highest BCUT2D eigenvalue weighted by Crippen LogP contribution is 2.15. The van der Waals surface area contributed by atoms with E-state index in [0.29, 0.717) is 6.54 Å². The molecule has 0 aliphatic carbocycles. The molecule has 1 N–H and O–H groups in total. The fourth-order valence-corrected chi connectivity index (χ4v) is 3.20. The molecule has 1 aliphatic rings. The first-order chi connectivity index (χ1) is 12.6. The largest absolute Gasteiger partial charge is 0.381 e. The predicted molar refractivity (Wildman–Crippen MR) is 105 cm³/mol. The molecule has 4 nitrogen and oxygen atoms in total. The van der Waals surface area contributed by atoms with Crippen LogP contribution in [0.2, 0.25) is 0 Å². The zero-order valence-electron chi connectivity index (χ0n) is 15.7. The van der Waals surface area contributed by atoms with Crippen molar-refractivity contribution in [3.63, 3.8) is 0 Å². The number of nitrogens with zero attached hydrogens (tertiary/aromatic N) is 1. The van der Waals surface area contributed by atoms with Crippen molar-refractivity contribution < 1.29 is 9.53 Å². The summed E-state index contributed by atoms with van der Waals surface area (Å²) in [4.78, 5) is 14.4. The molecule has 1 saturated heterocycles. The third-order valence-corrected chi connectivity index (χ3v) is 4.85. The lowest BCUT2D eigenvalue weighted by atomic mass is 10.1. The quantitative estimate of drug-likeness (QED) is 0.845. The number of aryl methyl sites for hydroxylation is 1. The van der Waals surface area contributed by atoms with Crippen LogP contribution in [0.4, 0.5) is 5.69 Å². The van der Waals surface area contributed by atoms with Crippen molar-refractivity contribution >= 4 is 11.6 Å². The lowest BCUT2D eigenvalue weighted by Gasteiger charge is -2.27. The highest BCUT2D eigenvalue weighted by atomic mass is 16.5. The molecule has 138 valence electrons. The van der Waals surface area contributed by atoms with Crippen LogP contribution in [0.15, 0.2) is 48.5 Å². The second kappa shape index (κ2) is 8.86. The fraction of sp³-hybridized carbons (Fsp3) is 0.409. The number of carbonyl (C=O) groups is 1. The van der Waals surface area contributed by atoms with E-state index < -0.39 is 0 Å². The minimum absolute atomic E-state index is 0.0530. The number of ether oxygens (including phenoxy) is 1. The number of benzene rings is 2. The Kier molecular flexibility index (Phi) is 6.29. The van der Waals surface area contributed by atoms with Crippen LogP contribution in [0.25, 0.3) is 0 Å². The molecule has 0 saturated carbocycles. The zero-order valence-corrected chi connectivity index (χ0v) is 15.7. The van der Waals surface area contributed by atoms with Crippen molar-refractivity contribution in [3.8, 4) is 0 Å². The van der Waals surface area contributed by atoms with E-state index in [1.165, 1.54) is 12.0 Å². The second-order valence-electron chi connectivity index (χ2n) is 7.09. The van der Waals surface area contributed by atoms with Crippen molar-refractivity contribution in [2.45, 2.75) is 38.8 Å². The van der Waals surface area contributed by atoms with E-state index in [2.05, 4.69) is 36.5 Å². The fourth-order valence-electron chi connectivity index (χ4n) is 3.20. The standard InChI is InChI=1S/C22H28N2O2/c1-17-6-12-20(13-7-17)23-15-18-8-10-19(11-9-18)22(25)24(2)16-21-5-3-4-14-26-21/h6-13,21,23H,3-5,14-16H2,1-2H3/t21-/m1/s1. The monoisotopic (exact) mass is 352 g/mol. The smallest absolute Gasteiger partial charge is 0.253 e. The van der Waals surface area contributed by atoms with Gasteiger partial charge >= 0.3 is 0 Å². The summed E-state index contributed by atoms with van der Waals surface area (Å²) >= 11 is 0. The zero-order chi connectivity index (χ0) is 18.4. The van der Waals surface area contributed by atoms with Gasteiger partial charge < -0.3 is 15.0 Å². The summed E-state index contributed by atoms with van der Waals surface area (Å²) in [5.74, 6) is 0.0530. The number of hydrogen-bond donors (Lipinski definition) is 1. The van der Waals surface area contributed by atoms with Gasteiger partial charge in [-0.05, 0) is 56.0 Å². The summed E-state index contributed by atoms with van der Waals surface area (Å²) < 4.78 is 5.73. The van der Waals surface area contributed by atoms with E-state index in [9.17, 15) is 4.79 Å². The van der Waals surface area contributed by atoms with Gasteiger partial charge in [-0.2, -0.15) is 0 Å². The molecule has 1 atom stereocenters. The molecular weight excluding hydrogens is 324 g/mol. The molecule has 26 heavy (non-hydrogen) atoms. The number of rotatable bonds is 6. The highest BCUT2D eigenvalue weighted by Gasteiger charge is 2.19. The van der Waals surface area contributed by atoms with Crippen LogP contribution in [0.3, 0.4) is 0 Å². The van der Waals surface area contributed by atoms with Crippen molar-refractivity contribution in [2.24, 2.45) is 0 Å². The van der Waals surface area contributed by atoms with Crippen LogP contribution in [-0.2, 0) is 11.3 Å². The molecule has 1 amide bonds. The van der Waals surface area contributed by atoms with Gasteiger partial charge in [0.05, 0.1) is 6.10 Å². The Labute approximate surface area is 156 Å². The Morgan fingerprint density at radius 2 is 1.85 bits per heavy atom. The summed E-state index contributed by atoms with van der Waals surface area (Å²) in [6.45, 7) is 4.30. The number of carbonyl (C=O) groups excluding carboxylic acids is 1. The Bertz CT molecular complexity index is 704. The summed E-state index contributed by atoms with van der Waals surface area (Å²) in [5, 5.41) is 3.40. The van der Waals surface area contributed by atoms with Crippen LogP contribution in [0, 0.1) is 6.92 Å². The van der Waals surface area contributed by atoms with Gasteiger partial charge in [0.2, 0.25) is 0 Å². The summed E-state index contributed by atoms with van der Waals surface area (Å²) in [5.41, 5.74) is 4.23. The SMILES string of the molecule is Cc1ccc(NCc2ccc(C(=O)N(C)C[C@H]3CCCCO3)cc2)cc1. The van der Waals surface area contributed by atoms with E-state index in [0.717, 1.165) is 42.8 Å². The van der Waals surface area contributed by atoms with Crippen molar-refractivity contribution in [1.82, 2.24) is 4.90 Å². The summed E-state index contributed by atoms with van der Waals surface area (Å²) in [6.07, 6.45) is 3.54. The van der Waals surface area contributed by atoms with Crippen molar-refractivity contribution in [2.75, 3.05) is 25.5 Å². The highest BCUT2D eigenvalue weighted by molar-refractivity contribution is 5.94. The lowest BCUT2D eigenvalue weighted by Crippen LogP contribution is -2.37. The summed E-state index contributed by atoms with van der Waals surface area (Å²) in [7, 11) is 1.85. The number of likely N-dealkylation sites (N-methyl/N-ethyl adjacent to an activating group) is 1. The number of anilines is 1. The summed E-state index contributed by atoms with van der Waals surface area (Å²) in [6, 6.07) is 16.2. The van der Waals surface area contributed by atoms with Gasteiger partial charge in [0.25, 0.3) is 5.91 Å². The molecule has 3 rings (SSSR count). The molecule has 0 bridgehead atoms. The first-order valence-electron chi connectivity index (χ1n) is 9.38. The van der Waals surface area contributed by atoms with Gasteiger partial charge in [-0.25, -0.2) is 0 Å². The van der Waals surface area contributed by atoms with Gasteiger partial charge in [0, 0.05) is 38.0 Å². The minimum atomic E-state index is 0.0530. The van der Waals surface area contributed by atoms with Gasteiger partial charge in [-0.3, -0.25) is 4.79 Å². The maximum Gasteiger partial charge on any atom is 0.253 e. The average Bonchev–Trinajstić information content (AvgIpc) is 2.68. The van der Waals surface area contributed by atoms with Gasteiger partial charge in [0.1, 0.15) is 0 Å². The maximum atomic E-state index is 12.6. The molecule has 1 fully saturated rings. The number of amides is 1. The molecule has 1 aliphatic heterocycles. The van der Waals surface area contributed by atoms with Crippen LogP contribution >= 0.6 is 0 Å². The Hall–Kier alpha value is -2.33. The maximum absolute atomic E-state index is 12.6. The van der Waals surface area contributed by atoms with Crippen molar-refractivity contribution in [3.05, 3.63) is 65.2 Å². The van der Waals surface area contributed by atoms with Gasteiger partial charge in [0.15, 0.2) is 0 Å². The van der Waals surface area contributed by atoms with Crippen LogP contribution in [0.5, 0.6) is 0 Å². The average molecular weight is 352 g/mol. The predicted octanol–water partition coefficient (Wildman–Crippen LogP) is 4.25. The molecule has 0 radical (unpaired) electrons. The molecular formula is C22H28N2O2. The molecule has 2 aromatic carbocycles. The van der Waals surface area contributed by atoms with Crippen LogP contribution < -0.4 is 5.32 Å². The van der Waals surface area contributed by atoms with Crippen LogP contribution in [0.1, 0.15) is 40.7 Å². The Morgan fingerprint density at radius 3 is 2.50 bits per heavy atom. The molecule has 0 spiro atoms. The first-order valence-corrected chi connectivity index (χ1v) is 9.38. The van der Waals surface area contributed by atoms with E-state index >= 15 is 0 Å². The third-order valence-electron chi connectivity index (χ3n) is 4.85.